The number of halogens is 4. The summed E-state index contributed by atoms with van der Waals surface area (Å²) in [6.45, 7) is -0.501. The van der Waals surface area contributed by atoms with E-state index in [1.54, 1.807) is 12.1 Å². The number of alkyl halides is 3. The third-order valence-corrected chi connectivity index (χ3v) is 6.35. The number of rotatable bonds is 6. The minimum Gasteiger partial charge on any atom is -0.390 e. The van der Waals surface area contributed by atoms with Crippen LogP contribution < -0.4 is 0 Å². The molecule has 1 aliphatic rings. The lowest BCUT2D eigenvalue weighted by Gasteiger charge is -2.13. The van der Waals surface area contributed by atoms with E-state index >= 15 is 0 Å². The van der Waals surface area contributed by atoms with Gasteiger partial charge in [-0.3, -0.25) is 10.1 Å². The molecule has 1 saturated carbocycles. The molecule has 5 aromatic rings. The van der Waals surface area contributed by atoms with Crippen LogP contribution in [-0.4, -0.2) is 40.0 Å². The zero-order valence-electron chi connectivity index (χ0n) is 19.6. The molecule has 0 atom stereocenters. The van der Waals surface area contributed by atoms with Crippen LogP contribution in [0.5, 0.6) is 0 Å². The molecule has 1 aliphatic carbocycles. The van der Waals surface area contributed by atoms with Crippen LogP contribution in [-0.2, 0) is 12.8 Å². The van der Waals surface area contributed by atoms with Crippen LogP contribution in [0.25, 0.3) is 39.5 Å². The summed E-state index contributed by atoms with van der Waals surface area (Å²) in [5.74, 6) is 0.605. The van der Waals surface area contributed by atoms with Crippen molar-refractivity contribution in [3.63, 3.8) is 0 Å². The molecular formula is C26H19F4N7O. The quantitative estimate of drug-likeness (QED) is 0.294. The van der Waals surface area contributed by atoms with Gasteiger partial charge in [0.2, 0.25) is 0 Å². The highest BCUT2D eigenvalue weighted by molar-refractivity contribution is 5.81. The molecule has 0 unspecified atom stereocenters. The first-order chi connectivity index (χ1) is 18.3. The monoisotopic (exact) mass is 521 g/mol. The summed E-state index contributed by atoms with van der Waals surface area (Å²) in [5, 5.41) is 20.3. The summed E-state index contributed by atoms with van der Waals surface area (Å²) in [7, 11) is 0. The highest BCUT2D eigenvalue weighted by Crippen LogP contribution is 2.42. The Kier molecular flexibility index (Phi) is 5.75. The van der Waals surface area contributed by atoms with E-state index in [-0.39, 0.29) is 22.7 Å². The third-order valence-electron chi connectivity index (χ3n) is 6.35. The van der Waals surface area contributed by atoms with Crippen LogP contribution in [0.15, 0.2) is 61.3 Å². The van der Waals surface area contributed by atoms with Crippen molar-refractivity contribution in [3.05, 3.63) is 84.1 Å². The van der Waals surface area contributed by atoms with E-state index in [2.05, 4.69) is 25.3 Å². The van der Waals surface area contributed by atoms with Crippen molar-refractivity contribution in [2.24, 2.45) is 0 Å². The second-order valence-corrected chi connectivity index (χ2v) is 8.99. The van der Waals surface area contributed by atoms with Gasteiger partial charge >= 0.3 is 6.18 Å². The van der Waals surface area contributed by atoms with Gasteiger partial charge in [-0.1, -0.05) is 6.07 Å². The molecule has 1 aromatic carbocycles. The van der Waals surface area contributed by atoms with E-state index in [9.17, 15) is 22.7 Å². The van der Waals surface area contributed by atoms with Crippen LogP contribution in [0.4, 0.5) is 17.6 Å². The van der Waals surface area contributed by atoms with Gasteiger partial charge in [0.25, 0.3) is 0 Å². The maximum atomic E-state index is 14.2. The minimum atomic E-state index is -4.64. The Bertz CT molecular complexity index is 1630. The molecule has 0 radical (unpaired) electrons. The fourth-order valence-electron chi connectivity index (χ4n) is 4.33. The number of hydrogen-bond donors (Lipinski definition) is 2. The zero-order valence-corrected chi connectivity index (χ0v) is 19.6. The van der Waals surface area contributed by atoms with Crippen LogP contribution >= 0.6 is 0 Å². The summed E-state index contributed by atoms with van der Waals surface area (Å²) < 4.78 is 56.6. The van der Waals surface area contributed by atoms with E-state index in [0.29, 0.717) is 29.0 Å². The fourth-order valence-corrected chi connectivity index (χ4v) is 4.33. The Labute approximate surface area is 213 Å². The molecule has 4 heterocycles. The first-order valence-corrected chi connectivity index (χ1v) is 11.7. The lowest BCUT2D eigenvalue weighted by Crippen LogP contribution is -2.09. The molecule has 0 spiro atoms. The van der Waals surface area contributed by atoms with Gasteiger partial charge in [0.05, 0.1) is 24.1 Å². The molecule has 0 bridgehead atoms. The van der Waals surface area contributed by atoms with Crippen LogP contribution in [0.1, 0.15) is 35.7 Å². The smallest absolute Gasteiger partial charge is 0.390 e. The summed E-state index contributed by atoms with van der Waals surface area (Å²) in [4.78, 5) is 12.6. The number of pyridine rings is 2. The van der Waals surface area contributed by atoms with Crippen molar-refractivity contribution in [2.45, 2.75) is 31.5 Å². The number of aliphatic hydroxyl groups excluding tert-OH is 1. The Balaban J connectivity index is 1.47. The third kappa shape index (κ3) is 4.54. The summed E-state index contributed by atoms with van der Waals surface area (Å²) >= 11 is 0. The average Bonchev–Trinajstić information content (AvgIpc) is 3.39. The summed E-state index contributed by atoms with van der Waals surface area (Å²) in [6, 6.07) is 9.22. The molecule has 8 nitrogen and oxygen atoms in total. The van der Waals surface area contributed by atoms with Crippen LogP contribution in [0.2, 0.25) is 0 Å². The Morgan fingerprint density at radius 1 is 0.974 bits per heavy atom. The molecule has 38 heavy (non-hydrogen) atoms. The van der Waals surface area contributed by atoms with Crippen molar-refractivity contribution < 1.29 is 22.7 Å². The standard InChI is InChI=1S/C26H19F4N7O/c27-17-3-4-19(21(7-17)25-32-13-33-36-25)15-5-23(14-1-2-14)35-24(6-15)37-11-16(9-34-37)20-8-18(12-38)31-10-22(20)26(28,29)30/h3-11,13-14,38H,1-2,12H2,(H,32,33,36). The van der Waals surface area contributed by atoms with Crippen molar-refractivity contribution in [3.8, 4) is 39.5 Å². The van der Waals surface area contributed by atoms with Gasteiger partial charge in [0, 0.05) is 40.7 Å². The van der Waals surface area contributed by atoms with Crippen molar-refractivity contribution >= 4 is 0 Å². The molecule has 6 rings (SSSR count). The molecule has 0 amide bonds. The van der Waals surface area contributed by atoms with Gasteiger partial charge in [0.15, 0.2) is 11.6 Å². The molecule has 2 N–H and O–H groups in total. The normalized spacial score (nSPS) is 13.7. The molecule has 4 aromatic heterocycles. The number of hydrogen-bond acceptors (Lipinski definition) is 6. The molecule has 1 fully saturated rings. The van der Waals surface area contributed by atoms with E-state index < -0.39 is 24.2 Å². The molecule has 192 valence electrons. The molecule has 0 aliphatic heterocycles. The number of aromatic nitrogens is 7. The lowest BCUT2D eigenvalue weighted by molar-refractivity contribution is -0.137. The van der Waals surface area contributed by atoms with Crippen LogP contribution in [0.3, 0.4) is 0 Å². The number of H-pyrrole nitrogens is 1. The lowest BCUT2D eigenvalue weighted by atomic mass is 9.98. The number of nitrogens with one attached hydrogen (secondary N) is 1. The first-order valence-electron chi connectivity index (χ1n) is 11.7. The average molecular weight is 521 g/mol. The molecular weight excluding hydrogens is 502 g/mol. The summed E-state index contributed by atoms with van der Waals surface area (Å²) in [6.07, 6.45) is 2.10. The maximum Gasteiger partial charge on any atom is 0.418 e. The Morgan fingerprint density at radius 2 is 1.82 bits per heavy atom. The SMILES string of the molecule is OCc1cc(-c2cnn(-c3cc(-c4ccc(F)cc4-c4ncn[nH]4)cc(C4CC4)n3)c2)c(C(F)(F)F)cn1. The second kappa shape index (κ2) is 9.14. The van der Waals surface area contributed by atoms with Gasteiger partial charge in [0.1, 0.15) is 12.1 Å². The van der Waals surface area contributed by atoms with E-state index in [0.717, 1.165) is 24.1 Å². The maximum absolute atomic E-state index is 14.2. The zero-order chi connectivity index (χ0) is 26.4. The Hall–Kier alpha value is -4.45. The van der Waals surface area contributed by atoms with E-state index in [1.807, 2.05) is 6.07 Å². The topological polar surface area (TPSA) is 105 Å². The minimum absolute atomic E-state index is 0.105. The fraction of sp³-hybridized carbons (Fsp3) is 0.192. The number of benzene rings is 1. The predicted octanol–water partition coefficient (Wildman–Crippen LogP) is 5.31. The first kappa shape index (κ1) is 23.9. The molecule has 0 saturated heterocycles. The number of aliphatic hydroxyl groups is 1. The largest absolute Gasteiger partial charge is 0.418 e. The van der Waals surface area contributed by atoms with Crippen molar-refractivity contribution in [2.75, 3.05) is 0 Å². The number of aromatic amines is 1. The van der Waals surface area contributed by atoms with E-state index in [4.69, 9.17) is 4.98 Å². The van der Waals surface area contributed by atoms with Gasteiger partial charge in [-0.15, -0.1) is 0 Å². The second-order valence-electron chi connectivity index (χ2n) is 8.99. The summed E-state index contributed by atoms with van der Waals surface area (Å²) in [5.41, 5.74) is 1.94. The highest BCUT2D eigenvalue weighted by atomic mass is 19.4. The Morgan fingerprint density at radius 3 is 2.53 bits per heavy atom. The van der Waals surface area contributed by atoms with Gasteiger partial charge in [-0.2, -0.15) is 23.4 Å². The van der Waals surface area contributed by atoms with Crippen LogP contribution in [0, 0.1) is 5.82 Å². The van der Waals surface area contributed by atoms with Gasteiger partial charge in [-0.05, 0) is 54.3 Å². The van der Waals surface area contributed by atoms with Gasteiger partial charge in [-0.25, -0.2) is 19.0 Å². The highest BCUT2D eigenvalue weighted by Gasteiger charge is 2.35. The van der Waals surface area contributed by atoms with E-state index in [1.165, 1.54) is 41.6 Å². The predicted molar refractivity (Wildman–Crippen MR) is 128 cm³/mol. The van der Waals surface area contributed by atoms with Crippen molar-refractivity contribution in [1.82, 2.24) is 34.9 Å². The number of nitrogens with zero attached hydrogens (tertiary/aromatic N) is 6. The molecule has 12 heteroatoms. The van der Waals surface area contributed by atoms with Crippen molar-refractivity contribution in [1.29, 1.82) is 0 Å². The van der Waals surface area contributed by atoms with Gasteiger partial charge < -0.3 is 5.11 Å².